The number of halogens is 2. The molecule has 3 heterocycles. The molecule has 2 aliphatic rings. The van der Waals surface area contributed by atoms with Crippen LogP contribution >= 0.6 is 23.2 Å². The van der Waals surface area contributed by atoms with Gasteiger partial charge < -0.3 is 15.1 Å². The standard InChI is InChI=1S/C28H31Cl2N5O/c1-18-24(27(36)34-15-13-33(14-16-34)19-9-6-5-7-10-19)26(20-11-8-12-21(29)25(20)30)35-23(31-18)17-22(32-35)28(2,3)4/h5-12,17,26,31H,13-16H2,1-4H3. The van der Waals surface area contributed by atoms with E-state index in [0.717, 1.165) is 35.9 Å². The van der Waals surface area contributed by atoms with Gasteiger partial charge in [-0.1, -0.05) is 74.3 Å². The maximum Gasteiger partial charge on any atom is 0.254 e. The Morgan fingerprint density at radius 3 is 2.36 bits per heavy atom. The Morgan fingerprint density at radius 1 is 1.00 bits per heavy atom. The lowest BCUT2D eigenvalue weighted by Crippen LogP contribution is -2.50. The minimum absolute atomic E-state index is 0.00721. The predicted octanol–water partition coefficient (Wildman–Crippen LogP) is 6.13. The highest BCUT2D eigenvalue weighted by molar-refractivity contribution is 6.42. The van der Waals surface area contributed by atoms with Crippen molar-refractivity contribution in [2.45, 2.75) is 39.2 Å². The Morgan fingerprint density at radius 2 is 1.69 bits per heavy atom. The third kappa shape index (κ3) is 4.48. The minimum Gasteiger partial charge on any atom is -0.368 e. The Kier molecular flexibility index (Phi) is 6.52. The molecular weight excluding hydrogens is 493 g/mol. The van der Waals surface area contributed by atoms with Crippen LogP contribution in [0.4, 0.5) is 11.5 Å². The van der Waals surface area contributed by atoms with Gasteiger partial charge in [-0.25, -0.2) is 4.68 Å². The van der Waals surface area contributed by atoms with Gasteiger partial charge >= 0.3 is 0 Å². The van der Waals surface area contributed by atoms with E-state index in [0.29, 0.717) is 28.7 Å². The molecule has 1 amide bonds. The number of fused-ring (bicyclic) bond motifs is 1. The van der Waals surface area contributed by atoms with Crippen LogP contribution in [0.2, 0.25) is 10.0 Å². The quantitative estimate of drug-likeness (QED) is 0.448. The van der Waals surface area contributed by atoms with Crippen LogP contribution in [0.15, 0.2) is 65.9 Å². The summed E-state index contributed by atoms with van der Waals surface area (Å²) in [6.07, 6.45) is 0. The second kappa shape index (κ2) is 9.49. The van der Waals surface area contributed by atoms with Crippen LogP contribution in [0, 0.1) is 0 Å². The van der Waals surface area contributed by atoms with Crippen molar-refractivity contribution in [3.63, 3.8) is 0 Å². The molecule has 3 aromatic rings. The third-order valence-electron chi connectivity index (χ3n) is 6.94. The van der Waals surface area contributed by atoms with Crippen LogP contribution in [-0.2, 0) is 10.2 Å². The van der Waals surface area contributed by atoms with Gasteiger partial charge in [0, 0.05) is 54.6 Å². The fourth-order valence-corrected chi connectivity index (χ4v) is 5.32. The number of nitrogens with zero attached hydrogens (tertiary/aromatic N) is 4. The molecule has 8 heteroatoms. The molecule has 0 saturated carbocycles. The van der Waals surface area contributed by atoms with Crippen LogP contribution < -0.4 is 10.2 Å². The number of carbonyl (C=O) groups excluding carboxylic acids is 1. The number of piperazine rings is 1. The van der Waals surface area contributed by atoms with E-state index in [1.807, 2.05) is 46.8 Å². The Balaban J connectivity index is 1.51. The van der Waals surface area contributed by atoms with Crippen molar-refractivity contribution in [2.75, 3.05) is 36.4 Å². The molecule has 2 aromatic carbocycles. The van der Waals surface area contributed by atoms with Gasteiger partial charge in [0.25, 0.3) is 5.91 Å². The first-order valence-corrected chi connectivity index (χ1v) is 13.0. The average molecular weight is 524 g/mol. The van der Waals surface area contributed by atoms with Gasteiger partial charge in [0.15, 0.2) is 0 Å². The van der Waals surface area contributed by atoms with Crippen molar-refractivity contribution >= 4 is 40.6 Å². The maximum absolute atomic E-state index is 14.1. The lowest BCUT2D eigenvalue weighted by Gasteiger charge is -2.38. The molecule has 0 aliphatic carbocycles. The number of allylic oxidation sites excluding steroid dienone is 1. The van der Waals surface area contributed by atoms with Crippen LogP contribution in [-0.4, -0.2) is 46.8 Å². The van der Waals surface area contributed by atoms with E-state index in [2.05, 4.69) is 49.2 Å². The number of aromatic nitrogens is 2. The van der Waals surface area contributed by atoms with E-state index >= 15 is 0 Å². The van der Waals surface area contributed by atoms with Crippen molar-refractivity contribution in [2.24, 2.45) is 0 Å². The van der Waals surface area contributed by atoms with Crippen molar-refractivity contribution < 1.29 is 4.79 Å². The molecule has 1 fully saturated rings. The highest BCUT2D eigenvalue weighted by Gasteiger charge is 2.38. The first-order chi connectivity index (χ1) is 17.1. The Bertz CT molecular complexity index is 1320. The number of nitrogens with one attached hydrogen (secondary N) is 1. The van der Waals surface area contributed by atoms with E-state index in [1.54, 1.807) is 6.07 Å². The predicted molar refractivity (Wildman–Crippen MR) is 147 cm³/mol. The normalized spacial score (nSPS) is 18.2. The van der Waals surface area contributed by atoms with Crippen molar-refractivity contribution in [3.8, 4) is 0 Å². The van der Waals surface area contributed by atoms with Gasteiger partial charge in [0.1, 0.15) is 11.9 Å². The monoisotopic (exact) mass is 523 g/mol. The molecule has 5 rings (SSSR count). The Hall–Kier alpha value is -2.96. The molecule has 6 nitrogen and oxygen atoms in total. The number of hydrogen-bond donors (Lipinski definition) is 1. The zero-order chi connectivity index (χ0) is 25.6. The molecule has 0 spiro atoms. The summed E-state index contributed by atoms with van der Waals surface area (Å²) in [4.78, 5) is 18.3. The van der Waals surface area contributed by atoms with E-state index in [-0.39, 0.29) is 11.3 Å². The fourth-order valence-electron chi connectivity index (χ4n) is 4.91. The summed E-state index contributed by atoms with van der Waals surface area (Å²) in [7, 11) is 0. The molecular formula is C28H31Cl2N5O. The van der Waals surface area contributed by atoms with E-state index in [4.69, 9.17) is 28.3 Å². The van der Waals surface area contributed by atoms with Crippen LogP contribution in [0.25, 0.3) is 0 Å². The largest absolute Gasteiger partial charge is 0.368 e. The molecule has 0 bridgehead atoms. The second-order valence-corrected chi connectivity index (χ2v) is 11.2. The zero-order valence-corrected chi connectivity index (χ0v) is 22.6. The molecule has 1 N–H and O–H groups in total. The van der Waals surface area contributed by atoms with E-state index < -0.39 is 6.04 Å². The summed E-state index contributed by atoms with van der Waals surface area (Å²) in [6, 6.07) is 17.5. The highest BCUT2D eigenvalue weighted by Crippen LogP contribution is 2.42. The summed E-state index contributed by atoms with van der Waals surface area (Å²) in [5, 5.41) is 9.29. The van der Waals surface area contributed by atoms with E-state index in [9.17, 15) is 4.79 Å². The Labute approximate surface area is 222 Å². The number of para-hydroxylation sites is 1. The lowest BCUT2D eigenvalue weighted by atomic mass is 9.92. The fraction of sp³-hybridized carbons (Fsp3) is 0.357. The van der Waals surface area contributed by atoms with Gasteiger partial charge in [-0.05, 0) is 25.1 Å². The molecule has 2 aliphatic heterocycles. The van der Waals surface area contributed by atoms with Crippen LogP contribution in [0.1, 0.15) is 45.0 Å². The summed E-state index contributed by atoms with van der Waals surface area (Å²) in [6.45, 7) is 11.2. The lowest BCUT2D eigenvalue weighted by molar-refractivity contribution is -0.128. The summed E-state index contributed by atoms with van der Waals surface area (Å²) >= 11 is 13.2. The minimum atomic E-state index is -0.483. The highest BCUT2D eigenvalue weighted by atomic mass is 35.5. The van der Waals surface area contributed by atoms with Crippen LogP contribution in [0.3, 0.4) is 0 Å². The van der Waals surface area contributed by atoms with Gasteiger partial charge in [0.05, 0.1) is 21.3 Å². The number of rotatable bonds is 3. The SMILES string of the molecule is CC1=C(C(=O)N2CCN(c3ccccc3)CC2)C(c2cccc(Cl)c2Cl)n2nc(C(C)(C)C)cc2N1. The number of benzene rings is 2. The topological polar surface area (TPSA) is 53.4 Å². The van der Waals surface area contributed by atoms with Gasteiger partial charge in [0.2, 0.25) is 0 Å². The summed E-state index contributed by atoms with van der Waals surface area (Å²) in [5.41, 5.74) is 4.18. The first-order valence-electron chi connectivity index (χ1n) is 12.3. The first kappa shape index (κ1) is 24.7. The van der Waals surface area contributed by atoms with Gasteiger partial charge in [-0.15, -0.1) is 0 Å². The summed E-state index contributed by atoms with van der Waals surface area (Å²) < 4.78 is 1.89. The van der Waals surface area contributed by atoms with Gasteiger partial charge in [-0.3, -0.25) is 4.79 Å². The molecule has 0 radical (unpaired) electrons. The smallest absolute Gasteiger partial charge is 0.254 e. The van der Waals surface area contributed by atoms with Crippen molar-refractivity contribution in [1.82, 2.24) is 14.7 Å². The van der Waals surface area contributed by atoms with Crippen LogP contribution in [0.5, 0.6) is 0 Å². The molecule has 36 heavy (non-hydrogen) atoms. The molecule has 1 saturated heterocycles. The molecule has 188 valence electrons. The number of anilines is 2. The number of amides is 1. The molecule has 1 unspecified atom stereocenters. The van der Waals surface area contributed by atoms with E-state index in [1.165, 1.54) is 5.69 Å². The third-order valence-corrected chi connectivity index (χ3v) is 7.77. The molecule has 1 aromatic heterocycles. The maximum atomic E-state index is 14.1. The number of carbonyl (C=O) groups is 1. The second-order valence-electron chi connectivity index (χ2n) is 10.4. The summed E-state index contributed by atoms with van der Waals surface area (Å²) in [5.74, 6) is 0.830. The number of hydrogen-bond acceptors (Lipinski definition) is 4. The van der Waals surface area contributed by atoms with Crippen molar-refractivity contribution in [3.05, 3.63) is 87.2 Å². The van der Waals surface area contributed by atoms with Crippen molar-refractivity contribution in [1.29, 1.82) is 0 Å². The van der Waals surface area contributed by atoms with Gasteiger partial charge in [-0.2, -0.15) is 5.10 Å². The average Bonchev–Trinajstić information content (AvgIpc) is 3.30. The zero-order valence-electron chi connectivity index (χ0n) is 21.1. The molecule has 1 atom stereocenters.